The SMILES string of the molecule is C/C=C/c1ncc(C)cn1. The molecule has 10 heavy (non-hydrogen) atoms. The van der Waals surface area contributed by atoms with E-state index in [1.54, 1.807) is 0 Å². The van der Waals surface area contributed by atoms with Crippen molar-refractivity contribution in [1.29, 1.82) is 0 Å². The van der Waals surface area contributed by atoms with Crippen molar-refractivity contribution < 1.29 is 0 Å². The minimum atomic E-state index is 0.771. The van der Waals surface area contributed by atoms with Crippen LogP contribution in [0.15, 0.2) is 18.5 Å². The number of aryl methyl sites for hydroxylation is 1. The Balaban J connectivity index is 2.89. The van der Waals surface area contributed by atoms with Crippen molar-refractivity contribution in [2.75, 3.05) is 0 Å². The molecule has 0 aliphatic heterocycles. The highest BCUT2D eigenvalue weighted by Crippen LogP contribution is 1.94. The maximum Gasteiger partial charge on any atom is 0.151 e. The Morgan fingerprint density at radius 2 is 1.90 bits per heavy atom. The summed E-state index contributed by atoms with van der Waals surface area (Å²) in [7, 11) is 0. The Bertz CT molecular complexity index is 224. The minimum Gasteiger partial charge on any atom is -0.237 e. The fourth-order valence-corrected chi connectivity index (χ4v) is 0.638. The summed E-state index contributed by atoms with van der Waals surface area (Å²) in [4.78, 5) is 8.14. The van der Waals surface area contributed by atoms with Gasteiger partial charge in [0.2, 0.25) is 0 Å². The summed E-state index contributed by atoms with van der Waals surface area (Å²) in [5, 5.41) is 0. The van der Waals surface area contributed by atoms with Gasteiger partial charge in [-0.3, -0.25) is 0 Å². The quantitative estimate of drug-likeness (QED) is 0.585. The molecule has 2 heteroatoms. The highest BCUT2D eigenvalue weighted by Gasteiger charge is 1.86. The zero-order valence-electron chi connectivity index (χ0n) is 6.20. The van der Waals surface area contributed by atoms with Crippen LogP contribution in [0.3, 0.4) is 0 Å². The summed E-state index contributed by atoms with van der Waals surface area (Å²) in [5.74, 6) is 0.771. The number of rotatable bonds is 1. The van der Waals surface area contributed by atoms with Gasteiger partial charge in [0.25, 0.3) is 0 Å². The molecule has 0 atom stereocenters. The number of aromatic nitrogens is 2. The first-order chi connectivity index (χ1) is 4.83. The van der Waals surface area contributed by atoms with Crippen LogP contribution in [0.25, 0.3) is 6.08 Å². The third-order valence-electron chi connectivity index (χ3n) is 1.12. The number of nitrogens with zero attached hydrogens (tertiary/aromatic N) is 2. The van der Waals surface area contributed by atoms with Gasteiger partial charge >= 0.3 is 0 Å². The predicted molar refractivity (Wildman–Crippen MR) is 41.5 cm³/mol. The van der Waals surface area contributed by atoms with Crippen LogP contribution in [0.4, 0.5) is 0 Å². The average molecular weight is 134 g/mol. The Hall–Kier alpha value is -1.18. The maximum atomic E-state index is 4.07. The Morgan fingerprint density at radius 1 is 1.30 bits per heavy atom. The van der Waals surface area contributed by atoms with Gasteiger partial charge in [-0.05, 0) is 25.5 Å². The van der Waals surface area contributed by atoms with E-state index in [0.717, 1.165) is 11.4 Å². The third-order valence-corrected chi connectivity index (χ3v) is 1.12. The van der Waals surface area contributed by atoms with Crippen LogP contribution in [-0.4, -0.2) is 9.97 Å². The van der Waals surface area contributed by atoms with Gasteiger partial charge in [0, 0.05) is 12.4 Å². The fraction of sp³-hybridized carbons (Fsp3) is 0.250. The first kappa shape index (κ1) is 6.93. The first-order valence-corrected chi connectivity index (χ1v) is 3.24. The van der Waals surface area contributed by atoms with E-state index in [1.165, 1.54) is 0 Å². The summed E-state index contributed by atoms with van der Waals surface area (Å²) in [6, 6.07) is 0. The third kappa shape index (κ3) is 1.65. The van der Waals surface area contributed by atoms with Crippen molar-refractivity contribution in [3.8, 4) is 0 Å². The summed E-state index contributed by atoms with van der Waals surface area (Å²) in [5.41, 5.74) is 1.09. The molecule has 0 saturated heterocycles. The van der Waals surface area contributed by atoms with E-state index in [2.05, 4.69) is 9.97 Å². The van der Waals surface area contributed by atoms with Crippen LogP contribution < -0.4 is 0 Å². The van der Waals surface area contributed by atoms with Crippen LogP contribution in [0.2, 0.25) is 0 Å². The van der Waals surface area contributed by atoms with Gasteiger partial charge in [0.15, 0.2) is 5.82 Å². The normalized spacial score (nSPS) is 10.6. The summed E-state index contributed by atoms with van der Waals surface area (Å²) in [6.07, 6.45) is 7.41. The topological polar surface area (TPSA) is 25.8 Å². The van der Waals surface area contributed by atoms with Crippen molar-refractivity contribution in [2.24, 2.45) is 0 Å². The van der Waals surface area contributed by atoms with Crippen molar-refractivity contribution in [2.45, 2.75) is 13.8 Å². The van der Waals surface area contributed by atoms with Crippen LogP contribution in [0.5, 0.6) is 0 Å². The lowest BCUT2D eigenvalue weighted by Crippen LogP contribution is -1.85. The lowest BCUT2D eigenvalue weighted by atomic mass is 10.4. The molecule has 1 aromatic rings. The fourth-order valence-electron chi connectivity index (χ4n) is 0.638. The zero-order valence-corrected chi connectivity index (χ0v) is 6.20. The predicted octanol–water partition coefficient (Wildman–Crippen LogP) is 1.82. The van der Waals surface area contributed by atoms with E-state index in [0.29, 0.717) is 0 Å². The summed E-state index contributed by atoms with van der Waals surface area (Å²) < 4.78 is 0. The first-order valence-electron chi connectivity index (χ1n) is 3.24. The van der Waals surface area contributed by atoms with Gasteiger partial charge in [-0.1, -0.05) is 6.08 Å². The van der Waals surface area contributed by atoms with Gasteiger partial charge in [0.1, 0.15) is 0 Å². The second-order valence-electron chi connectivity index (χ2n) is 2.12. The van der Waals surface area contributed by atoms with Crippen LogP contribution in [0, 0.1) is 6.92 Å². The van der Waals surface area contributed by atoms with Gasteiger partial charge in [-0.2, -0.15) is 0 Å². The summed E-state index contributed by atoms with van der Waals surface area (Å²) in [6.45, 7) is 3.92. The molecule has 1 aromatic heterocycles. The van der Waals surface area contributed by atoms with Crippen LogP contribution in [-0.2, 0) is 0 Å². The van der Waals surface area contributed by atoms with Crippen LogP contribution in [0.1, 0.15) is 18.3 Å². The van der Waals surface area contributed by atoms with Crippen molar-refractivity contribution in [1.82, 2.24) is 9.97 Å². The maximum absolute atomic E-state index is 4.07. The molecule has 52 valence electrons. The Labute approximate surface area is 60.6 Å². The highest BCUT2D eigenvalue weighted by atomic mass is 14.8. The molecule has 0 unspecified atom stereocenters. The molecule has 0 fully saturated rings. The second-order valence-corrected chi connectivity index (χ2v) is 2.12. The van der Waals surface area contributed by atoms with Gasteiger partial charge < -0.3 is 0 Å². The van der Waals surface area contributed by atoms with Crippen LogP contribution >= 0.6 is 0 Å². The number of allylic oxidation sites excluding steroid dienone is 1. The number of hydrogen-bond donors (Lipinski definition) is 0. The molecule has 0 aromatic carbocycles. The molecular weight excluding hydrogens is 124 g/mol. The monoisotopic (exact) mass is 134 g/mol. The minimum absolute atomic E-state index is 0.771. The second kappa shape index (κ2) is 3.11. The standard InChI is InChI=1S/C8H10N2/c1-3-4-8-9-5-7(2)6-10-8/h3-6H,1-2H3/b4-3+. The van der Waals surface area contributed by atoms with Gasteiger partial charge in [0.05, 0.1) is 0 Å². The Morgan fingerprint density at radius 3 is 2.40 bits per heavy atom. The van der Waals surface area contributed by atoms with E-state index in [1.807, 2.05) is 38.4 Å². The average Bonchev–Trinajstić information content (AvgIpc) is 1.95. The van der Waals surface area contributed by atoms with E-state index >= 15 is 0 Å². The summed E-state index contributed by atoms with van der Waals surface area (Å²) >= 11 is 0. The molecule has 1 heterocycles. The van der Waals surface area contributed by atoms with E-state index in [4.69, 9.17) is 0 Å². The molecule has 0 radical (unpaired) electrons. The zero-order chi connectivity index (χ0) is 7.40. The van der Waals surface area contributed by atoms with E-state index in [9.17, 15) is 0 Å². The lowest BCUT2D eigenvalue weighted by molar-refractivity contribution is 1.10. The Kier molecular flexibility index (Phi) is 2.15. The highest BCUT2D eigenvalue weighted by molar-refractivity contribution is 5.38. The molecule has 0 aliphatic carbocycles. The molecule has 0 amide bonds. The van der Waals surface area contributed by atoms with Gasteiger partial charge in [-0.25, -0.2) is 9.97 Å². The smallest absolute Gasteiger partial charge is 0.151 e. The lowest BCUT2D eigenvalue weighted by Gasteiger charge is -1.90. The molecule has 0 aliphatic rings. The largest absolute Gasteiger partial charge is 0.237 e. The molecule has 0 saturated carbocycles. The molecule has 1 rings (SSSR count). The van der Waals surface area contributed by atoms with Crippen molar-refractivity contribution in [3.05, 3.63) is 29.9 Å². The number of hydrogen-bond acceptors (Lipinski definition) is 2. The molecular formula is C8H10N2. The molecule has 0 bridgehead atoms. The molecule has 0 spiro atoms. The van der Waals surface area contributed by atoms with E-state index in [-0.39, 0.29) is 0 Å². The van der Waals surface area contributed by atoms with Crippen molar-refractivity contribution >= 4 is 6.08 Å². The van der Waals surface area contributed by atoms with Gasteiger partial charge in [-0.15, -0.1) is 0 Å². The van der Waals surface area contributed by atoms with Crippen molar-refractivity contribution in [3.63, 3.8) is 0 Å². The molecule has 0 N–H and O–H groups in total. The molecule has 2 nitrogen and oxygen atoms in total. The van der Waals surface area contributed by atoms with E-state index < -0.39 is 0 Å².